The fourth-order valence-corrected chi connectivity index (χ4v) is 3.78. The van der Waals surface area contributed by atoms with E-state index in [1.165, 1.54) is 11.7 Å². The minimum atomic E-state index is -0.765. The molecule has 0 amide bonds. The highest BCUT2D eigenvalue weighted by Gasteiger charge is 2.20. The van der Waals surface area contributed by atoms with Gasteiger partial charge in [0.25, 0.3) is 0 Å². The van der Waals surface area contributed by atoms with Gasteiger partial charge < -0.3 is 14.8 Å². The van der Waals surface area contributed by atoms with Gasteiger partial charge in [-0.25, -0.2) is 19.1 Å². The van der Waals surface area contributed by atoms with Crippen molar-refractivity contribution in [2.45, 2.75) is 33.4 Å². The molecule has 0 spiro atoms. The number of anilines is 2. The molecule has 1 N–H and O–H groups in total. The lowest BCUT2D eigenvalue weighted by atomic mass is 10.2. The molecular weight excluding hydrogens is 486 g/mol. The van der Waals surface area contributed by atoms with Crippen LogP contribution in [0.2, 0.25) is 0 Å². The molecule has 1 atom stereocenters. The number of nitrogens with one attached hydrogen (secondary N) is 1. The maximum Gasteiger partial charge on any atom is 0.354 e. The molecule has 2 aromatic heterocycles. The summed E-state index contributed by atoms with van der Waals surface area (Å²) >= 11 is 0. The Hall–Kier alpha value is -4.73. The van der Waals surface area contributed by atoms with Crippen molar-refractivity contribution in [1.82, 2.24) is 19.1 Å². The number of benzene rings is 2. The van der Waals surface area contributed by atoms with Gasteiger partial charge in [0.1, 0.15) is 5.75 Å². The zero-order valence-corrected chi connectivity index (χ0v) is 21.5. The van der Waals surface area contributed by atoms with Gasteiger partial charge >= 0.3 is 17.3 Å². The van der Waals surface area contributed by atoms with Crippen LogP contribution in [0.4, 0.5) is 11.6 Å². The second kappa shape index (κ2) is 12.0. The normalized spacial score (nSPS) is 11.6. The monoisotopic (exact) mass is 515 g/mol. The first kappa shape index (κ1) is 26.3. The first-order chi connectivity index (χ1) is 18.4. The number of methoxy groups -OCH3 is 1. The zero-order chi connectivity index (χ0) is 27.1. The zero-order valence-electron chi connectivity index (χ0n) is 21.5. The van der Waals surface area contributed by atoms with Gasteiger partial charge in [-0.05, 0) is 41.8 Å². The number of nitrogens with zero attached hydrogens (tertiary/aromatic N) is 4. The minimum Gasteiger partial charge on any atom is -0.469 e. The van der Waals surface area contributed by atoms with E-state index in [9.17, 15) is 14.4 Å². The highest BCUT2D eigenvalue weighted by molar-refractivity contribution is 5.71. The van der Waals surface area contributed by atoms with Crippen molar-refractivity contribution < 1.29 is 14.3 Å². The maximum absolute atomic E-state index is 13.4. The van der Waals surface area contributed by atoms with Gasteiger partial charge in [0.05, 0.1) is 19.6 Å². The molecule has 0 fully saturated rings. The van der Waals surface area contributed by atoms with Crippen molar-refractivity contribution >= 4 is 17.6 Å². The number of esters is 1. The van der Waals surface area contributed by atoms with Gasteiger partial charge in [0.15, 0.2) is 0 Å². The quantitative estimate of drug-likeness (QED) is 0.317. The summed E-state index contributed by atoms with van der Waals surface area (Å²) in [4.78, 5) is 46.6. The maximum atomic E-state index is 13.4. The van der Waals surface area contributed by atoms with Crippen molar-refractivity contribution in [2.24, 2.45) is 5.92 Å². The molecule has 4 aromatic rings. The molecule has 4 rings (SSSR count). The Kier molecular flexibility index (Phi) is 8.32. The van der Waals surface area contributed by atoms with Crippen molar-refractivity contribution in [1.29, 1.82) is 0 Å². The van der Waals surface area contributed by atoms with E-state index in [1.807, 2.05) is 42.5 Å². The fraction of sp³-hybridized carbons (Fsp3) is 0.250. The number of aromatic nitrogens is 4. The Bertz CT molecular complexity index is 1500. The number of rotatable bonds is 10. The second-order valence-electron chi connectivity index (χ2n) is 8.72. The van der Waals surface area contributed by atoms with E-state index in [-0.39, 0.29) is 19.0 Å². The molecule has 0 aliphatic carbocycles. The van der Waals surface area contributed by atoms with E-state index in [2.05, 4.69) is 22.2 Å². The van der Waals surface area contributed by atoms with Crippen molar-refractivity contribution in [3.63, 3.8) is 0 Å². The van der Waals surface area contributed by atoms with E-state index in [0.29, 0.717) is 17.3 Å². The highest BCUT2D eigenvalue weighted by atomic mass is 16.5. The molecule has 0 radical (unpaired) electrons. The number of hydrogen-bond acceptors (Lipinski definition) is 8. The van der Waals surface area contributed by atoms with E-state index in [4.69, 9.17) is 9.47 Å². The molecule has 196 valence electrons. The third-order valence-electron chi connectivity index (χ3n) is 5.93. The van der Waals surface area contributed by atoms with Gasteiger partial charge in [-0.15, -0.1) is 0 Å². The standard InChI is InChI=1S/C28H29N5O5/c1-4-20-10-15-24(29-16-20)38-23-13-11-22(12-14-23)30-26-31-27(35)33(17-19(2)25(34)37-3)28(36)32(26)18-21-8-6-5-7-9-21/h5-16,19H,4,17-18H2,1-3H3,(H,30,31,35)/t19-/m0/s1. The van der Waals surface area contributed by atoms with Crippen molar-refractivity contribution in [3.8, 4) is 11.6 Å². The van der Waals surface area contributed by atoms with Crippen LogP contribution in [0.25, 0.3) is 0 Å². The molecule has 0 bridgehead atoms. The molecule has 0 aliphatic rings. The first-order valence-corrected chi connectivity index (χ1v) is 12.2. The van der Waals surface area contributed by atoms with E-state index in [0.717, 1.165) is 22.1 Å². The Morgan fingerprint density at radius 3 is 2.34 bits per heavy atom. The Morgan fingerprint density at radius 2 is 1.71 bits per heavy atom. The van der Waals surface area contributed by atoms with Crippen LogP contribution in [0.3, 0.4) is 0 Å². The number of hydrogen-bond donors (Lipinski definition) is 1. The summed E-state index contributed by atoms with van der Waals surface area (Å²) in [6, 6.07) is 20.1. The molecule has 2 aromatic carbocycles. The van der Waals surface area contributed by atoms with E-state index >= 15 is 0 Å². The molecule has 10 nitrogen and oxygen atoms in total. The molecule has 0 aliphatic heterocycles. The summed E-state index contributed by atoms with van der Waals surface area (Å²) in [7, 11) is 1.26. The van der Waals surface area contributed by atoms with Crippen LogP contribution < -0.4 is 21.4 Å². The molecule has 0 saturated carbocycles. The largest absolute Gasteiger partial charge is 0.469 e. The van der Waals surface area contributed by atoms with Gasteiger partial charge in [0.2, 0.25) is 11.8 Å². The summed E-state index contributed by atoms with van der Waals surface area (Å²) in [6.45, 7) is 3.67. The molecular formula is C28H29N5O5. The molecule has 38 heavy (non-hydrogen) atoms. The van der Waals surface area contributed by atoms with Gasteiger partial charge in [-0.2, -0.15) is 4.98 Å². The predicted octanol–water partition coefficient (Wildman–Crippen LogP) is 3.76. The van der Waals surface area contributed by atoms with Gasteiger partial charge in [-0.1, -0.05) is 50.2 Å². The Morgan fingerprint density at radius 1 is 0.974 bits per heavy atom. The Balaban J connectivity index is 1.62. The number of carbonyl (C=O) groups excluding carboxylic acids is 1. The van der Waals surface area contributed by atoms with Crippen LogP contribution in [0.5, 0.6) is 11.6 Å². The highest BCUT2D eigenvalue weighted by Crippen LogP contribution is 2.23. The summed E-state index contributed by atoms with van der Waals surface area (Å²) < 4.78 is 12.9. The van der Waals surface area contributed by atoms with Crippen molar-refractivity contribution in [3.05, 3.63) is 105 Å². The molecule has 0 saturated heterocycles. The second-order valence-corrected chi connectivity index (χ2v) is 8.72. The smallest absolute Gasteiger partial charge is 0.354 e. The lowest BCUT2D eigenvalue weighted by Gasteiger charge is -2.17. The van der Waals surface area contributed by atoms with Crippen LogP contribution in [-0.4, -0.2) is 32.2 Å². The third kappa shape index (κ3) is 6.33. The van der Waals surface area contributed by atoms with E-state index in [1.54, 1.807) is 37.4 Å². The van der Waals surface area contributed by atoms with Crippen LogP contribution >= 0.6 is 0 Å². The van der Waals surface area contributed by atoms with Crippen LogP contribution in [0, 0.1) is 5.92 Å². The summed E-state index contributed by atoms with van der Waals surface area (Å²) in [5.41, 5.74) is 1.21. The molecule has 0 unspecified atom stereocenters. The predicted molar refractivity (Wildman–Crippen MR) is 143 cm³/mol. The molecule has 2 heterocycles. The fourth-order valence-electron chi connectivity index (χ4n) is 3.78. The van der Waals surface area contributed by atoms with Gasteiger partial charge in [-0.3, -0.25) is 9.36 Å². The van der Waals surface area contributed by atoms with E-state index < -0.39 is 23.3 Å². The topological polar surface area (TPSA) is 117 Å². The number of pyridine rings is 1. The lowest BCUT2D eigenvalue weighted by Crippen LogP contribution is -2.44. The first-order valence-electron chi connectivity index (χ1n) is 12.2. The third-order valence-corrected chi connectivity index (χ3v) is 5.93. The van der Waals surface area contributed by atoms with Crippen molar-refractivity contribution in [2.75, 3.05) is 12.4 Å². The number of aryl methyl sites for hydroxylation is 1. The molecule has 10 heteroatoms. The lowest BCUT2D eigenvalue weighted by molar-refractivity contribution is -0.145. The minimum absolute atomic E-state index is 0.0799. The van der Waals surface area contributed by atoms with Crippen LogP contribution in [0.15, 0.2) is 82.5 Å². The van der Waals surface area contributed by atoms with Gasteiger partial charge in [0, 0.05) is 24.5 Å². The average molecular weight is 516 g/mol. The average Bonchev–Trinajstić information content (AvgIpc) is 2.94. The number of carbonyl (C=O) groups is 1. The Labute approximate surface area is 219 Å². The van der Waals surface area contributed by atoms with Crippen LogP contribution in [0.1, 0.15) is 25.0 Å². The SMILES string of the molecule is CCc1ccc(Oc2ccc(Nc3nc(=O)n(C[C@H](C)C(=O)OC)c(=O)n3Cc3ccccc3)cc2)nc1. The summed E-state index contributed by atoms with van der Waals surface area (Å²) in [6.07, 6.45) is 2.67. The summed E-state index contributed by atoms with van der Waals surface area (Å²) in [5.74, 6) is -0.0835. The number of ether oxygens (including phenoxy) is 2. The summed E-state index contributed by atoms with van der Waals surface area (Å²) in [5, 5.41) is 3.07. The van der Waals surface area contributed by atoms with Crippen LogP contribution in [-0.2, 0) is 29.0 Å².